The normalized spacial score (nSPS) is 17.4. The predicted molar refractivity (Wildman–Crippen MR) is 81.6 cm³/mol. The number of fused-ring (bicyclic) bond motifs is 1. The Hall–Kier alpha value is -2.48. The lowest BCUT2D eigenvalue weighted by atomic mass is 9.85. The van der Waals surface area contributed by atoms with Crippen molar-refractivity contribution >= 4 is 23.4 Å². The minimum absolute atomic E-state index is 0.0746. The fourth-order valence-corrected chi connectivity index (χ4v) is 3.49. The van der Waals surface area contributed by atoms with Crippen molar-refractivity contribution in [3.05, 3.63) is 43.9 Å². The van der Waals surface area contributed by atoms with Crippen molar-refractivity contribution in [2.75, 3.05) is 6.79 Å². The SMILES string of the molecule is N#CC1=C(N)SC(N)=C(C#N)C1c1ccc2c(c1Cl)OCO2. The summed E-state index contributed by atoms with van der Waals surface area (Å²) in [7, 11) is 0. The van der Waals surface area contributed by atoms with Gasteiger partial charge in [0.25, 0.3) is 0 Å². The minimum Gasteiger partial charge on any atom is -0.454 e. The molecule has 22 heavy (non-hydrogen) atoms. The largest absolute Gasteiger partial charge is 0.454 e. The van der Waals surface area contributed by atoms with Crippen molar-refractivity contribution in [3.63, 3.8) is 0 Å². The van der Waals surface area contributed by atoms with E-state index in [-0.39, 0.29) is 33.0 Å². The molecule has 0 saturated carbocycles. The van der Waals surface area contributed by atoms with Gasteiger partial charge >= 0.3 is 0 Å². The molecule has 0 radical (unpaired) electrons. The Balaban J connectivity index is 2.23. The van der Waals surface area contributed by atoms with Gasteiger partial charge in [0.2, 0.25) is 6.79 Å². The maximum Gasteiger partial charge on any atom is 0.231 e. The van der Waals surface area contributed by atoms with E-state index >= 15 is 0 Å². The van der Waals surface area contributed by atoms with Crippen LogP contribution >= 0.6 is 23.4 Å². The number of hydrogen-bond acceptors (Lipinski definition) is 7. The van der Waals surface area contributed by atoms with Gasteiger partial charge in [-0.3, -0.25) is 0 Å². The first-order valence-corrected chi connectivity index (χ1v) is 7.33. The Morgan fingerprint density at radius 1 is 1.14 bits per heavy atom. The Labute approximate surface area is 135 Å². The second kappa shape index (κ2) is 5.38. The van der Waals surface area contributed by atoms with E-state index in [0.717, 1.165) is 11.8 Å². The molecule has 0 aliphatic carbocycles. The number of rotatable bonds is 1. The number of benzene rings is 1. The molecular weight excluding hydrogens is 324 g/mol. The monoisotopic (exact) mass is 332 g/mol. The van der Waals surface area contributed by atoms with Gasteiger partial charge in [-0.1, -0.05) is 29.4 Å². The van der Waals surface area contributed by atoms with Crippen LogP contribution in [0, 0.1) is 22.7 Å². The summed E-state index contributed by atoms with van der Waals surface area (Å²) >= 11 is 7.38. The summed E-state index contributed by atoms with van der Waals surface area (Å²) in [5, 5.41) is 19.6. The lowest BCUT2D eigenvalue weighted by Gasteiger charge is -2.24. The van der Waals surface area contributed by atoms with E-state index < -0.39 is 5.92 Å². The maximum absolute atomic E-state index is 9.40. The van der Waals surface area contributed by atoms with Gasteiger partial charge in [-0.25, -0.2) is 0 Å². The molecule has 1 aromatic rings. The zero-order valence-corrected chi connectivity index (χ0v) is 12.7. The third-order valence-corrected chi connectivity index (χ3v) is 4.66. The number of nitrogens with zero attached hydrogens (tertiary/aromatic N) is 2. The first-order chi connectivity index (χ1) is 10.6. The van der Waals surface area contributed by atoms with E-state index in [0.29, 0.717) is 17.1 Å². The molecule has 0 amide bonds. The smallest absolute Gasteiger partial charge is 0.231 e. The van der Waals surface area contributed by atoms with E-state index in [1.54, 1.807) is 12.1 Å². The number of nitriles is 2. The maximum atomic E-state index is 9.40. The molecule has 3 rings (SSSR count). The van der Waals surface area contributed by atoms with Crippen molar-refractivity contribution in [1.29, 1.82) is 10.5 Å². The van der Waals surface area contributed by atoms with Gasteiger partial charge in [-0.2, -0.15) is 10.5 Å². The molecule has 6 nitrogen and oxygen atoms in total. The van der Waals surface area contributed by atoms with Crippen LogP contribution in [0.5, 0.6) is 11.5 Å². The summed E-state index contributed by atoms with van der Waals surface area (Å²) in [6, 6.07) is 7.46. The molecule has 110 valence electrons. The summed E-state index contributed by atoms with van der Waals surface area (Å²) in [6.45, 7) is 0.0746. The first kappa shape index (κ1) is 14.5. The summed E-state index contributed by atoms with van der Waals surface area (Å²) in [5.41, 5.74) is 12.8. The van der Waals surface area contributed by atoms with E-state index in [1.165, 1.54) is 0 Å². The average Bonchev–Trinajstić information content (AvgIpc) is 2.96. The lowest BCUT2D eigenvalue weighted by Crippen LogP contribution is -2.18. The van der Waals surface area contributed by atoms with Crippen LogP contribution in [0.15, 0.2) is 33.3 Å². The standard InChI is InChI=1S/C14H9ClN4O2S/c15-11-6(1-2-9-12(11)21-5-20-9)10-7(3-16)13(18)22-14(19)8(10)4-17/h1-2,10H,5,18-19H2. The van der Waals surface area contributed by atoms with E-state index in [4.69, 9.17) is 32.5 Å². The van der Waals surface area contributed by atoms with Crippen molar-refractivity contribution in [3.8, 4) is 23.6 Å². The van der Waals surface area contributed by atoms with Crippen LogP contribution in [0.1, 0.15) is 11.5 Å². The van der Waals surface area contributed by atoms with Crippen molar-refractivity contribution < 1.29 is 9.47 Å². The van der Waals surface area contributed by atoms with Crippen LogP contribution < -0.4 is 20.9 Å². The van der Waals surface area contributed by atoms with Gasteiger partial charge in [-0.15, -0.1) is 0 Å². The second-order valence-electron chi connectivity index (χ2n) is 4.52. The number of nitrogens with two attached hydrogens (primary N) is 2. The van der Waals surface area contributed by atoms with Crippen LogP contribution in [-0.2, 0) is 0 Å². The van der Waals surface area contributed by atoms with E-state index in [9.17, 15) is 10.5 Å². The number of allylic oxidation sites excluding steroid dienone is 2. The highest BCUT2D eigenvalue weighted by Crippen LogP contribution is 2.49. The van der Waals surface area contributed by atoms with Crippen LogP contribution in [0.2, 0.25) is 5.02 Å². The molecule has 0 fully saturated rings. The van der Waals surface area contributed by atoms with Gasteiger partial charge in [0, 0.05) is 0 Å². The molecule has 0 saturated heterocycles. The fraction of sp³-hybridized carbons (Fsp3) is 0.143. The molecule has 0 bridgehead atoms. The summed E-state index contributed by atoms with van der Waals surface area (Å²) in [6.07, 6.45) is 0. The van der Waals surface area contributed by atoms with Gasteiger partial charge in [0.15, 0.2) is 11.5 Å². The Morgan fingerprint density at radius 3 is 2.36 bits per heavy atom. The zero-order chi connectivity index (χ0) is 15.9. The van der Waals surface area contributed by atoms with E-state index in [1.807, 2.05) is 12.1 Å². The quantitative estimate of drug-likeness (QED) is 0.809. The number of halogens is 1. The molecule has 8 heteroatoms. The molecule has 2 heterocycles. The van der Waals surface area contributed by atoms with Crippen molar-refractivity contribution in [2.24, 2.45) is 11.5 Å². The number of hydrogen-bond donors (Lipinski definition) is 2. The first-order valence-electron chi connectivity index (χ1n) is 6.13. The van der Waals surface area contributed by atoms with Crippen LogP contribution in [-0.4, -0.2) is 6.79 Å². The van der Waals surface area contributed by atoms with Crippen molar-refractivity contribution in [2.45, 2.75) is 5.92 Å². The van der Waals surface area contributed by atoms with Gasteiger partial charge in [-0.05, 0) is 11.6 Å². The van der Waals surface area contributed by atoms with Gasteiger partial charge < -0.3 is 20.9 Å². The highest BCUT2D eigenvalue weighted by molar-refractivity contribution is 8.06. The third kappa shape index (κ3) is 2.03. The zero-order valence-electron chi connectivity index (χ0n) is 11.1. The Morgan fingerprint density at radius 2 is 1.77 bits per heavy atom. The molecule has 0 unspecified atom stereocenters. The molecule has 0 atom stereocenters. The van der Waals surface area contributed by atoms with E-state index in [2.05, 4.69) is 0 Å². The lowest BCUT2D eigenvalue weighted by molar-refractivity contribution is 0.174. The Kier molecular flexibility index (Phi) is 3.53. The van der Waals surface area contributed by atoms with Crippen LogP contribution in [0.3, 0.4) is 0 Å². The van der Waals surface area contributed by atoms with Crippen molar-refractivity contribution in [1.82, 2.24) is 0 Å². The average molecular weight is 333 g/mol. The summed E-state index contributed by atoms with van der Waals surface area (Å²) in [5.74, 6) is 0.201. The molecule has 0 spiro atoms. The van der Waals surface area contributed by atoms with Crippen LogP contribution in [0.25, 0.3) is 0 Å². The minimum atomic E-state index is -0.710. The molecule has 2 aliphatic heterocycles. The highest BCUT2D eigenvalue weighted by Gasteiger charge is 2.34. The molecule has 0 aromatic heterocycles. The Bertz CT molecular complexity index is 783. The molecule has 2 aliphatic rings. The third-order valence-electron chi connectivity index (χ3n) is 3.39. The van der Waals surface area contributed by atoms with Gasteiger partial charge in [0.05, 0.1) is 44.3 Å². The summed E-state index contributed by atoms with van der Waals surface area (Å²) < 4.78 is 10.6. The second-order valence-corrected chi connectivity index (χ2v) is 5.98. The van der Waals surface area contributed by atoms with Gasteiger partial charge in [0.1, 0.15) is 0 Å². The summed E-state index contributed by atoms with van der Waals surface area (Å²) in [4.78, 5) is 0. The number of ether oxygens (including phenoxy) is 2. The topological polar surface area (TPSA) is 118 Å². The van der Waals surface area contributed by atoms with Crippen LogP contribution in [0.4, 0.5) is 0 Å². The number of thioether (sulfide) groups is 1. The molecular formula is C14H9ClN4O2S. The predicted octanol–water partition coefficient (Wildman–Crippen LogP) is 2.29. The highest BCUT2D eigenvalue weighted by atomic mass is 35.5. The molecule has 4 N–H and O–H groups in total. The fourth-order valence-electron chi connectivity index (χ4n) is 2.38. The molecule has 1 aromatic carbocycles.